The molecule has 0 amide bonds. The van der Waals surface area contributed by atoms with Gasteiger partial charge in [0.05, 0.1) is 0 Å². The first-order valence-corrected chi connectivity index (χ1v) is 21.0. The lowest BCUT2D eigenvalue weighted by molar-refractivity contribution is 1.07. The molecule has 3 nitrogen and oxygen atoms in total. The van der Waals surface area contributed by atoms with Crippen molar-refractivity contribution in [2.45, 2.75) is 0 Å². The fraction of sp³-hybridized carbons (Fsp3) is 0. The minimum atomic E-state index is 0.618. The highest BCUT2D eigenvalue weighted by Crippen LogP contribution is 2.38. The molecule has 0 spiro atoms. The quantitative estimate of drug-likeness (QED) is 0.154. The van der Waals surface area contributed by atoms with Crippen molar-refractivity contribution in [1.29, 1.82) is 0 Å². The van der Waals surface area contributed by atoms with E-state index in [1.807, 2.05) is 0 Å². The lowest BCUT2D eigenvalue weighted by Crippen LogP contribution is -2.00. The van der Waals surface area contributed by atoms with Crippen molar-refractivity contribution in [2.75, 3.05) is 0 Å². The van der Waals surface area contributed by atoms with Crippen LogP contribution in [0.25, 0.3) is 111 Å². The first-order valence-electron chi connectivity index (χ1n) is 21.0. The Morgan fingerprint density at radius 1 is 0.194 bits per heavy atom. The van der Waals surface area contributed by atoms with Crippen LogP contribution >= 0.6 is 0 Å². The SMILES string of the molecule is c1ccc(-c2cccc(-c3ccc(-c4nc(-c5cccc(-c6cccc7ccccc67)c5)nc(-c5cccc(-c6ccc(-c7ccccc7)c7ccccc67)c5)n4)cc3)c2)cc1. The van der Waals surface area contributed by atoms with Gasteiger partial charge in [-0.15, -0.1) is 0 Å². The first-order chi connectivity index (χ1) is 30.7. The fourth-order valence-electron chi connectivity index (χ4n) is 8.63. The van der Waals surface area contributed by atoms with E-state index in [1.165, 1.54) is 49.4 Å². The van der Waals surface area contributed by atoms with Crippen molar-refractivity contribution in [1.82, 2.24) is 15.0 Å². The molecule has 1 heterocycles. The number of hydrogen-bond acceptors (Lipinski definition) is 3. The van der Waals surface area contributed by atoms with Crippen LogP contribution in [0.1, 0.15) is 0 Å². The molecule has 11 rings (SSSR count). The molecule has 0 aliphatic rings. The second-order valence-corrected chi connectivity index (χ2v) is 15.6. The predicted molar refractivity (Wildman–Crippen MR) is 258 cm³/mol. The van der Waals surface area contributed by atoms with E-state index in [0.717, 1.165) is 44.5 Å². The molecule has 0 saturated carbocycles. The highest BCUT2D eigenvalue weighted by Gasteiger charge is 2.16. The van der Waals surface area contributed by atoms with E-state index in [-0.39, 0.29) is 0 Å². The maximum Gasteiger partial charge on any atom is 0.164 e. The van der Waals surface area contributed by atoms with Crippen molar-refractivity contribution < 1.29 is 0 Å². The Hall–Kier alpha value is -8.27. The van der Waals surface area contributed by atoms with Crippen LogP contribution in [0, 0.1) is 0 Å². The van der Waals surface area contributed by atoms with Crippen LogP contribution in [0.2, 0.25) is 0 Å². The molecular weight excluding hydrogens is 751 g/mol. The van der Waals surface area contributed by atoms with Gasteiger partial charge < -0.3 is 0 Å². The second kappa shape index (κ2) is 16.1. The van der Waals surface area contributed by atoms with Gasteiger partial charge in [0, 0.05) is 16.7 Å². The van der Waals surface area contributed by atoms with Gasteiger partial charge in [0.2, 0.25) is 0 Å². The maximum absolute atomic E-state index is 5.23. The first kappa shape index (κ1) is 36.8. The Morgan fingerprint density at radius 3 is 1.15 bits per heavy atom. The lowest BCUT2D eigenvalue weighted by atomic mass is 9.91. The summed E-state index contributed by atoms with van der Waals surface area (Å²) in [6, 6.07) is 83.6. The topological polar surface area (TPSA) is 38.7 Å². The molecule has 0 N–H and O–H groups in total. The molecule has 10 aromatic carbocycles. The van der Waals surface area contributed by atoms with Crippen LogP contribution in [0.3, 0.4) is 0 Å². The summed E-state index contributed by atoms with van der Waals surface area (Å²) in [5.41, 5.74) is 14.4. The summed E-state index contributed by atoms with van der Waals surface area (Å²) in [4.78, 5) is 15.6. The molecule has 0 aliphatic heterocycles. The highest BCUT2D eigenvalue weighted by atomic mass is 15.0. The fourth-order valence-corrected chi connectivity index (χ4v) is 8.63. The molecule has 0 atom stereocenters. The van der Waals surface area contributed by atoms with Crippen LogP contribution < -0.4 is 0 Å². The normalized spacial score (nSPS) is 11.2. The molecule has 0 saturated heterocycles. The Morgan fingerprint density at radius 2 is 0.548 bits per heavy atom. The van der Waals surface area contributed by atoms with Gasteiger partial charge in [-0.2, -0.15) is 0 Å². The largest absolute Gasteiger partial charge is 0.208 e. The minimum Gasteiger partial charge on any atom is -0.208 e. The molecule has 0 aliphatic carbocycles. The van der Waals surface area contributed by atoms with Gasteiger partial charge in [-0.1, -0.05) is 218 Å². The monoisotopic (exact) mass is 789 g/mol. The van der Waals surface area contributed by atoms with E-state index in [2.05, 4.69) is 237 Å². The average molecular weight is 790 g/mol. The van der Waals surface area contributed by atoms with Gasteiger partial charge in [-0.05, 0) is 95.4 Å². The Labute approximate surface area is 361 Å². The average Bonchev–Trinajstić information content (AvgIpc) is 3.36. The summed E-state index contributed by atoms with van der Waals surface area (Å²) in [7, 11) is 0. The third-order valence-corrected chi connectivity index (χ3v) is 11.7. The van der Waals surface area contributed by atoms with Crippen LogP contribution in [0.5, 0.6) is 0 Å². The van der Waals surface area contributed by atoms with E-state index in [4.69, 9.17) is 15.0 Å². The van der Waals surface area contributed by atoms with Crippen LogP contribution in [-0.4, -0.2) is 15.0 Å². The van der Waals surface area contributed by atoms with Crippen molar-refractivity contribution in [3.05, 3.63) is 237 Å². The summed E-state index contributed by atoms with van der Waals surface area (Å²) < 4.78 is 0. The Bertz CT molecular complexity index is 3390. The van der Waals surface area contributed by atoms with Crippen molar-refractivity contribution in [2.24, 2.45) is 0 Å². The smallest absolute Gasteiger partial charge is 0.164 e. The van der Waals surface area contributed by atoms with Crippen molar-refractivity contribution >= 4 is 21.5 Å². The number of nitrogens with zero attached hydrogens (tertiary/aromatic N) is 3. The zero-order valence-corrected chi connectivity index (χ0v) is 33.9. The summed E-state index contributed by atoms with van der Waals surface area (Å²) in [6.45, 7) is 0. The summed E-state index contributed by atoms with van der Waals surface area (Å²) >= 11 is 0. The number of aromatic nitrogens is 3. The predicted octanol–water partition coefficient (Wildman–Crippen LogP) is 15.5. The molecule has 62 heavy (non-hydrogen) atoms. The Balaban J connectivity index is 1.02. The van der Waals surface area contributed by atoms with Gasteiger partial charge >= 0.3 is 0 Å². The molecule has 0 radical (unpaired) electrons. The summed E-state index contributed by atoms with van der Waals surface area (Å²) in [5.74, 6) is 1.86. The van der Waals surface area contributed by atoms with Gasteiger partial charge in [-0.25, -0.2) is 15.0 Å². The van der Waals surface area contributed by atoms with Crippen LogP contribution in [-0.2, 0) is 0 Å². The van der Waals surface area contributed by atoms with E-state index in [0.29, 0.717) is 17.5 Å². The van der Waals surface area contributed by atoms with Gasteiger partial charge in [-0.3, -0.25) is 0 Å². The zero-order chi connectivity index (χ0) is 41.2. The third kappa shape index (κ3) is 7.12. The number of benzene rings is 10. The van der Waals surface area contributed by atoms with Crippen molar-refractivity contribution in [3.63, 3.8) is 0 Å². The van der Waals surface area contributed by atoms with E-state index < -0.39 is 0 Å². The van der Waals surface area contributed by atoms with Gasteiger partial charge in [0.25, 0.3) is 0 Å². The van der Waals surface area contributed by atoms with E-state index >= 15 is 0 Å². The number of hydrogen-bond donors (Lipinski definition) is 0. The molecule has 3 heteroatoms. The van der Waals surface area contributed by atoms with E-state index in [1.54, 1.807) is 0 Å². The molecule has 0 unspecified atom stereocenters. The summed E-state index contributed by atoms with van der Waals surface area (Å²) in [6.07, 6.45) is 0. The third-order valence-electron chi connectivity index (χ3n) is 11.7. The molecule has 0 fully saturated rings. The van der Waals surface area contributed by atoms with Crippen LogP contribution in [0.15, 0.2) is 237 Å². The molecule has 1 aromatic heterocycles. The Kier molecular flexibility index (Phi) is 9.53. The lowest BCUT2D eigenvalue weighted by Gasteiger charge is -2.14. The molecule has 11 aromatic rings. The number of rotatable bonds is 8. The highest BCUT2D eigenvalue weighted by molar-refractivity contribution is 6.05. The van der Waals surface area contributed by atoms with Crippen LogP contribution in [0.4, 0.5) is 0 Å². The van der Waals surface area contributed by atoms with Gasteiger partial charge in [0.15, 0.2) is 17.5 Å². The molecule has 290 valence electrons. The van der Waals surface area contributed by atoms with Gasteiger partial charge in [0.1, 0.15) is 0 Å². The zero-order valence-electron chi connectivity index (χ0n) is 33.9. The standard InChI is InChI=1S/C59H39N3/c1-3-15-40(16-4-1)45-21-11-22-46(37-45)41-31-33-44(34-32-41)57-60-58(49-25-12-23-47(38-49)52-30-14-20-43-19-7-8-27-51(43)52)62-59(61-57)50-26-13-24-48(39-50)54-36-35-53(42-17-5-2-6-18-42)55-28-9-10-29-56(54)55/h1-39H. The second-order valence-electron chi connectivity index (χ2n) is 15.6. The minimum absolute atomic E-state index is 0.618. The molecule has 0 bridgehead atoms. The summed E-state index contributed by atoms with van der Waals surface area (Å²) in [5, 5.41) is 4.83. The van der Waals surface area contributed by atoms with E-state index in [9.17, 15) is 0 Å². The van der Waals surface area contributed by atoms with Crippen molar-refractivity contribution in [3.8, 4) is 89.8 Å². The maximum atomic E-state index is 5.23. The molecular formula is C59H39N3. The number of fused-ring (bicyclic) bond motifs is 2.